The standard InChI is InChI=1S/C17H19NS/c1-10-8-13-12-7-6-11(2)18-16(12)19-15(13)9-14(10)17(3,4)5/h6-9H,1-5H3/i2D3. The maximum Gasteiger partial charge on any atom is 0.124 e. The third-order valence-electron chi connectivity index (χ3n) is 3.49. The Morgan fingerprint density at radius 1 is 1.16 bits per heavy atom. The zero-order valence-electron chi connectivity index (χ0n) is 14.7. The van der Waals surface area contributed by atoms with E-state index in [-0.39, 0.29) is 11.1 Å². The van der Waals surface area contributed by atoms with Crippen LogP contribution in [-0.2, 0) is 5.41 Å². The Hall–Kier alpha value is -1.41. The molecule has 2 aromatic heterocycles. The summed E-state index contributed by atoms with van der Waals surface area (Å²) < 4.78 is 23.7. The molecule has 0 unspecified atom stereocenters. The molecule has 0 amide bonds. The van der Waals surface area contributed by atoms with E-state index in [0.29, 0.717) is 0 Å². The predicted octanol–water partition coefficient (Wildman–Crippen LogP) is 5.36. The number of hydrogen-bond acceptors (Lipinski definition) is 2. The Labute approximate surface area is 122 Å². The maximum absolute atomic E-state index is 7.51. The number of thiophene rings is 1. The number of pyridine rings is 1. The molecule has 1 aromatic carbocycles. The summed E-state index contributed by atoms with van der Waals surface area (Å²) in [5, 5.41) is 2.20. The van der Waals surface area contributed by atoms with Gasteiger partial charge in [0, 0.05) is 25.3 Å². The van der Waals surface area contributed by atoms with Crippen LogP contribution in [0, 0.1) is 13.8 Å². The molecule has 0 spiro atoms. The van der Waals surface area contributed by atoms with Crippen molar-refractivity contribution in [1.82, 2.24) is 4.98 Å². The van der Waals surface area contributed by atoms with Crippen LogP contribution >= 0.6 is 11.3 Å². The van der Waals surface area contributed by atoms with Gasteiger partial charge in [0.1, 0.15) is 4.83 Å². The first-order valence-corrected chi connectivity index (χ1v) is 7.24. The van der Waals surface area contributed by atoms with E-state index in [1.54, 1.807) is 17.4 Å². The van der Waals surface area contributed by atoms with Crippen LogP contribution in [0.25, 0.3) is 20.3 Å². The second-order valence-corrected chi connectivity index (χ2v) is 7.10. The van der Waals surface area contributed by atoms with Crippen LogP contribution in [0.4, 0.5) is 0 Å². The van der Waals surface area contributed by atoms with Gasteiger partial charge >= 0.3 is 0 Å². The molecule has 0 aliphatic heterocycles. The van der Waals surface area contributed by atoms with Gasteiger partial charge in [-0.05, 0) is 54.6 Å². The van der Waals surface area contributed by atoms with Crippen LogP contribution in [0.3, 0.4) is 0 Å². The number of aromatic nitrogens is 1. The van der Waals surface area contributed by atoms with E-state index in [1.165, 1.54) is 15.8 Å². The topological polar surface area (TPSA) is 12.9 Å². The highest BCUT2D eigenvalue weighted by atomic mass is 32.1. The average Bonchev–Trinajstić information content (AvgIpc) is 2.72. The molecule has 0 N–H and O–H groups in total. The van der Waals surface area contributed by atoms with Gasteiger partial charge < -0.3 is 0 Å². The van der Waals surface area contributed by atoms with E-state index in [9.17, 15) is 0 Å². The van der Waals surface area contributed by atoms with Crippen molar-refractivity contribution in [2.45, 2.75) is 40.0 Å². The molecule has 0 aliphatic carbocycles. The van der Waals surface area contributed by atoms with Gasteiger partial charge in [0.2, 0.25) is 0 Å². The van der Waals surface area contributed by atoms with Gasteiger partial charge in [0.15, 0.2) is 0 Å². The van der Waals surface area contributed by atoms with E-state index in [1.807, 2.05) is 6.07 Å². The lowest BCUT2D eigenvalue weighted by Crippen LogP contribution is -2.12. The van der Waals surface area contributed by atoms with Crippen molar-refractivity contribution in [3.05, 3.63) is 41.1 Å². The van der Waals surface area contributed by atoms with Crippen LogP contribution in [-0.4, -0.2) is 4.98 Å². The number of fused-ring (bicyclic) bond motifs is 3. The zero-order valence-corrected chi connectivity index (χ0v) is 12.5. The van der Waals surface area contributed by atoms with E-state index >= 15 is 0 Å². The Bertz CT molecular complexity index is 869. The molecule has 0 aliphatic rings. The molecule has 0 fully saturated rings. The summed E-state index contributed by atoms with van der Waals surface area (Å²) in [5.41, 5.74) is 2.84. The molecule has 98 valence electrons. The van der Waals surface area contributed by atoms with Crippen molar-refractivity contribution in [1.29, 1.82) is 0 Å². The van der Waals surface area contributed by atoms with E-state index in [4.69, 9.17) is 4.11 Å². The third-order valence-corrected chi connectivity index (χ3v) is 4.55. The SMILES string of the molecule is [2H]C([2H])([2H])c1ccc2c(n1)sc1cc(C(C)(C)C)c(C)cc12. The minimum absolute atomic E-state index is 0.0890. The van der Waals surface area contributed by atoms with Crippen molar-refractivity contribution in [2.75, 3.05) is 0 Å². The van der Waals surface area contributed by atoms with Crippen LogP contribution < -0.4 is 0 Å². The fourth-order valence-corrected chi connectivity index (χ4v) is 3.71. The van der Waals surface area contributed by atoms with Gasteiger partial charge in [-0.25, -0.2) is 4.98 Å². The summed E-state index contributed by atoms with van der Waals surface area (Å²) in [6.45, 7) is 6.60. The average molecular weight is 272 g/mol. The molecule has 0 saturated carbocycles. The predicted molar refractivity (Wildman–Crippen MR) is 85.3 cm³/mol. The van der Waals surface area contributed by atoms with Crippen LogP contribution in [0.15, 0.2) is 24.3 Å². The largest absolute Gasteiger partial charge is 0.242 e. The Kier molecular flexibility index (Phi) is 2.02. The van der Waals surface area contributed by atoms with Gasteiger partial charge in [-0.1, -0.05) is 20.8 Å². The van der Waals surface area contributed by atoms with Crippen LogP contribution in [0.5, 0.6) is 0 Å². The van der Waals surface area contributed by atoms with Gasteiger partial charge in [0.25, 0.3) is 0 Å². The summed E-state index contributed by atoms with van der Waals surface area (Å²) in [6, 6.07) is 7.94. The Balaban J connectivity index is 2.30. The minimum Gasteiger partial charge on any atom is -0.242 e. The highest BCUT2D eigenvalue weighted by Crippen LogP contribution is 2.37. The highest BCUT2D eigenvalue weighted by molar-refractivity contribution is 7.25. The fraction of sp³-hybridized carbons (Fsp3) is 0.353. The normalized spacial score (nSPS) is 15.5. The van der Waals surface area contributed by atoms with Crippen molar-refractivity contribution in [2.24, 2.45) is 0 Å². The summed E-state index contributed by atoms with van der Waals surface area (Å²) in [4.78, 5) is 5.16. The minimum atomic E-state index is -2.16. The third kappa shape index (κ3) is 2.04. The summed E-state index contributed by atoms with van der Waals surface area (Å²) in [5.74, 6) is 0. The highest BCUT2D eigenvalue weighted by Gasteiger charge is 2.18. The molecule has 2 heteroatoms. The molecule has 3 rings (SSSR count). The molecule has 3 aromatic rings. The number of rotatable bonds is 0. The van der Waals surface area contributed by atoms with Gasteiger partial charge in [-0.2, -0.15) is 0 Å². The summed E-state index contributed by atoms with van der Waals surface area (Å²) in [6.07, 6.45) is 0. The Morgan fingerprint density at radius 3 is 2.63 bits per heavy atom. The van der Waals surface area contributed by atoms with E-state index in [2.05, 4.69) is 44.8 Å². The molecule has 1 nitrogen and oxygen atoms in total. The fourth-order valence-electron chi connectivity index (χ4n) is 2.62. The van der Waals surface area contributed by atoms with Crippen molar-refractivity contribution in [3.63, 3.8) is 0 Å². The number of aryl methyl sites for hydroxylation is 2. The lowest BCUT2D eigenvalue weighted by atomic mass is 9.84. The molecule has 19 heavy (non-hydrogen) atoms. The summed E-state index contributed by atoms with van der Waals surface area (Å²) >= 11 is 1.57. The number of hydrogen-bond donors (Lipinski definition) is 0. The van der Waals surface area contributed by atoms with Gasteiger partial charge in [0.05, 0.1) is 0 Å². The maximum atomic E-state index is 7.51. The first-order valence-electron chi connectivity index (χ1n) is 7.92. The van der Waals surface area contributed by atoms with Gasteiger partial charge in [-0.3, -0.25) is 0 Å². The number of benzene rings is 1. The lowest BCUT2D eigenvalue weighted by molar-refractivity contribution is 0.587. The second kappa shape index (κ2) is 4.04. The van der Waals surface area contributed by atoms with Crippen LogP contribution in [0.1, 0.15) is 41.7 Å². The van der Waals surface area contributed by atoms with Gasteiger partial charge in [-0.15, -0.1) is 11.3 Å². The smallest absolute Gasteiger partial charge is 0.124 e. The van der Waals surface area contributed by atoms with E-state index < -0.39 is 6.85 Å². The quantitative estimate of drug-likeness (QED) is 0.536. The van der Waals surface area contributed by atoms with Crippen molar-refractivity contribution in [3.8, 4) is 0 Å². The molecular weight excluding hydrogens is 250 g/mol. The molecule has 0 bridgehead atoms. The summed E-state index contributed by atoms with van der Waals surface area (Å²) in [7, 11) is 0. The first-order chi connectivity index (χ1) is 10.1. The van der Waals surface area contributed by atoms with E-state index in [0.717, 1.165) is 15.6 Å². The molecule has 2 heterocycles. The first kappa shape index (κ1) is 9.49. The monoisotopic (exact) mass is 272 g/mol. The number of nitrogens with zero attached hydrogens (tertiary/aromatic N) is 1. The van der Waals surface area contributed by atoms with Crippen molar-refractivity contribution < 1.29 is 4.11 Å². The molecular formula is C17H19NS. The second-order valence-electron chi connectivity index (χ2n) is 6.06. The lowest BCUT2D eigenvalue weighted by Gasteiger charge is -2.21. The zero-order chi connectivity index (χ0) is 16.3. The van der Waals surface area contributed by atoms with Crippen LogP contribution in [0.2, 0.25) is 0 Å². The molecule has 0 atom stereocenters. The van der Waals surface area contributed by atoms with Crippen molar-refractivity contribution >= 4 is 31.6 Å². The Morgan fingerprint density at radius 2 is 1.95 bits per heavy atom. The molecule has 0 saturated heterocycles. The molecule has 0 radical (unpaired) electrons.